The van der Waals surface area contributed by atoms with Gasteiger partial charge in [0.05, 0.1) is 28.6 Å². The van der Waals surface area contributed by atoms with E-state index < -0.39 is 16.1 Å². The first-order valence-electron chi connectivity index (χ1n) is 9.51. The molecule has 0 aliphatic carbocycles. The molecule has 3 rings (SSSR count). The Morgan fingerprint density at radius 1 is 1.39 bits per heavy atom. The number of ether oxygens (including phenoxy) is 1. The molecule has 152 valence electrons. The van der Waals surface area contributed by atoms with Crippen molar-refractivity contribution in [2.24, 2.45) is 11.4 Å². The lowest BCUT2D eigenvalue weighted by Crippen LogP contribution is -2.34. The standard InChI is InChI=1S/C21H29N3O3S/c1-13-10-15(14(2)23-28(26)20(3,4)5)17-16(11-13)18(25)24(7)19(22-17)21(6)8-9-27-12-21/h10-11H,8-9,12H2,1-7H3/t21?,28-/m1/s1. The molecular formula is C21H29N3O3S. The average molecular weight is 404 g/mol. The Kier molecular flexibility index (Phi) is 5.47. The summed E-state index contributed by atoms with van der Waals surface area (Å²) in [5.41, 5.74) is 2.56. The molecule has 28 heavy (non-hydrogen) atoms. The number of aromatic nitrogens is 2. The van der Waals surface area contributed by atoms with Gasteiger partial charge in [0.2, 0.25) is 0 Å². The predicted octanol–water partition coefficient (Wildman–Crippen LogP) is 3.19. The lowest BCUT2D eigenvalue weighted by Gasteiger charge is -2.24. The highest BCUT2D eigenvalue weighted by molar-refractivity contribution is 7.91. The van der Waals surface area contributed by atoms with Crippen molar-refractivity contribution in [1.29, 1.82) is 0 Å². The fourth-order valence-corrected chi connectivity index (χ4v) is 4.11. The summed E-state index contributed by atoms with van der Waals surface area (Å²) in [7, 11) is 1.77. The van der Waals surface area contributed by atoms with Crippen molar-refractivity contribution in [1.82, 2.24) is 9.55 Å². The van der Waals surface area contributed by atoms with E-state index in [4.69, 9.17) is 9.72 Å². The Balaban J connectivity index is 2.28. The molecule has 1 aromatic heterocycles. The molecule has 2 heterocycles. The van der Waals surface area contributed by atoms with E-state index in [1.807, 2.05) is 46.8 Å². The molecule has 0 spiro atoms. The number of fused-ring (bicyclic) bond motifs is 1. The molecule has 0 saturated carbocycles. The number of rotatable bonds is 3. The van der Waals surface area contributed by atoms with Gasteiger partial charge in [-0.15, -0.1) is 0 Å². The molecule has 2 atom stereocenters. The number of aryl methyl sites for hydroxylation is 1. The van der Waals surface area contributed by atoms with Gasteiger partial charge >= 0.3 is 0 Å². The summed E-state index contributed by atoms with van der Waals surface area (Å²) in [5, 5.41) is 0.555. The third kappa shape index (κ3) is 3.75. The van der Waals surface area contributed by atoms with Gasteiger partial charge in [0.25, 0.3) is 5.56 Å². The fourth-order valence-electron chi connectivity index (χ4n) is 3.49. The van der Waals surface area contributed by atoms with Crippen LogP contribution >= 0.6 is 0 Å². The zero-order valence-electron chi connectivity index (χ0n) is 17.8. The molecule has 0 amide bonds. The molecule has 0 bridgehead atoms. The fraction of sp³-hybridized carbons (Fsp3) is 0.571. The largest absolute Gasteiger partial charge is 0.591 e. The molecule has 2 aromatic rings. The molecular weight excluding hydrogens is 374 g/mol. The van der Waals surface area contributed by atoms with Crippen LogP contribution in [0.3, 0.4) is 0 Å². The van der Waals surface area contributed by atoms with Gasteiger partial charge in [-0.25, -0.2) is 4.98 Å². The molecule has 6 nitrogen and oxygen atoms in total. The molecule has 1 aromatic carbocycles. The maximum absolute atomic E-state index is 13.1. The van der Waals surface area contributed by atoms with Crippen molar-refractivity contribution in [3.63, 3.8) is 0 Å². The summed E-state index contributed by atoms with van der Waals surface area (Å²) in [6.45, 7) is 12.7. The highest BCUT2D eigenvalue weighted by Crippen LogP contribution is 2.32. The summed E-state index contributed by atoms with van der Waals surface area (Å²) in [6, 6.07) is 3.82. The van der Waals surface area contributed by atoms with Gasteiger partial charge in [-0.05, 0) is 58.7 Å². The Labute approximate surface area is 169 Å². The van der Waals surface area contributed by atoms with Crippen molar-refractivity contribution < 1.29 is 9.29 Å². The van der Waals surface area contributed by atoms with E-state index in [1.54, 1.807) is 11.6 Å². The van der Waals surface area contributed by atoms with Gasteiger partial charge in [-0.3, -0.25) is 9.36 Å². The van der Waals surface area contributed by atoms with Gasteiger partial charge in [0.1, 0.15) is 21.9 Å². The summed E-state index contributed by atoms with van der Waals surface area (Å²) in [5.74, 6) is 0.720. The lowest BCUT2D eigenvalue weighted by atomic mass is 9.88. The predicted molar refractivity (Wildman–Crippen MR) is 115 cm³/mol. The smallest absolute Gasteiger partial charge is 0.261 e. The van der Waals surface area contributed by atoms with Crippen LogP contribution in [0.25, 0.3) is 10.9 Å². The number of benzene rings is 1. The maximum atomic E-state index is 13.1. The molecule has 1 fully saturated rings. The molecule has 1 aliphatic heterocycles. The summed E-state index contributed by atoms with van der Waals surface area (Å²) in [6.07, 6.45) is 0.821. The Morgan fingerprint density at radius 3 is 2.64 bits per heavy atom. The Bertz CT molecular complexity index is 999. The van der Waals surface area contributed by atoms with E-state index in [0.29, 0.717) is 29.8 Å². The van der Waals surface area contributed by atoms with Crippen LogP contribution in [0.15, 0.2) is 21.3 Å². The highest BCUT2D eigenvalue weighted by atomic mass is 32.2. The van der Waals surface area contributed by atoms with Gasteiger partial charge in [0.15, 0.2) is 0 Å². The lowest BCUT2D eigenvalue weighted by molar-refractivity contribution is 0.178. The Morgan fingerprint density at radius 2 is 2.07 bits per heavy atom. The molecule has 1 aliphatic rings. The number of hydrogen-bond donors (Lipinski definition) is 0. The zero-order chi connectivity index (χ0) is 20.9. The van der Waals surface area contributed by atoms with Crippen molar-refractivity contribution >= 4 is 28.0 Å². The van der Waals surface area contributed by atoms with Gasteiger partial charge < -0.3 is 9.29 Å². The second kappa shape index (κ2) is 7.28. The van der Waals surface area contributed by atoms with Crippen LogP contribution in [0.1, 0.15) is 58.0 Å². The minimum Gasteiger partial charge on any atom is -0.591 e. The van der Waals surface area contributed by atoms with Crippen LogP contribution in [0, 0.1) is 6.92 Å². The van der Waals surface area contributed by atoms with Crippen LogP contribution in [0.4, 0.5) is 0 Å². The molecule has 1 saturated heterocycles. The first-order valence-corrected chi connectivity index (χ1v) is 10.6. The normalized spacial score (nSPS) is 22.1. The topological polar surface area (TPSA) is 79.5 Å². The van der Waals surface area contributed by atoms with E-state index in [0.717, 1.165) is 23.4 Å². The van der Waals surface area contributed by atoms with Crippen molar-refractivity contribution in [2.45, 2.75) is 58.1 Å². The Hall–Kier alpha value is -1.70. The van der Waals surface area contributed by atoms with Crippen molar-refractivity contribution in [3.05, 3.63) is 39.4 Å². The third-order valence-electron chi connectivity index (χ3n) is 5.22. The van der Waals surface area contributed by atoms with Crippen molar-refractivity contribution in [2.75, 3.05) is 13.2 Å². The van der Waals surface area contributed by atoms with Gasteiger partial charge in [-0.2, -0.15) is 0 Å². The van der Waals surface area contributed by atoms with E-state index >= 15 is 0 Å². The summed E-state index contributed by atoms with van der Waals surface area (Å²) in [4.78, 5) is 18.1. The van der Waals surface area contributed by atoms with E-state index in [-0.39, 0.29) is 11.0 Å². The van der Waals surface area contributed by atoms with Crippen LogP contribution in [0.5, 0.6) is 0 Å². The second-order valence-electron chi connectivity index (χ2n) is 8.91. The quantitative estimate of drug-likeness (QED) is 0.582. The molecule has 1 unspecified atom stereocenters. The van der Waals surface area contributed by atoms with Crippen LogP contribution in [-0.2, 0) is 28.6 Å². The van der Waals surface area contributed by atoms with Gasteiger partial charge in [0, 0.05) is 19.2 Å². The SMILES string of the molecule is CC(=N[S@+]([O-])C(C)(C)C)c1cc(C)cc2c(=O)n(C)c(C3(C)CCOC3)nc12. The number of nitrogens with zero attached hydrogens (tertiary/aromatic N) is 3. The summed E-state index contributed by atoms with van der Waals surface area (Å²) < 4.78 is 23.7. The highest BCUT2D eigenvalue weighted by Gasteiger charge is 2.36. The zero-order valence-corrected chi connectivity index (χ0v) is 18.6. The van der Waals surface area contributed by atoms with E-state index in [2.05, 4.69) is 11.3 Å². The van der Waals surface area contributed by atoms with Crippen LogP contribution in [-0.4, -0.2) is 37.8 Å². The van der Waals surface area contributed by atoms with E-state index in [1.165, 1.54) is 0 Å². The number of hydrogen-bond acceptors (Lipinski definition) is 5. The van der Waals surface area contributed by atoms with Crippen LogP contribution in [0.2, 0.25) is 0 Å². The van der Waals surface area contributed by atoms with E-state index in [9.17, 15) is 9.35 Å². The third-order valence-corrected chi connectivity index (χ3v) is 6.70. The van der Waals surface area contributed by atoms with Gasteiger partial charge in [-0.1, -0.05) is 11.3 Å². The summed E-state index contributed by atoms with van der Waals surface area (Å²) >= 11 is -1.39. The molecule has 0 radical (unpaired) electrons. The van der Waals surface area contributed by atoms with Crippen LogP contribution < -0.4 is 5.56 Å². The minimum atomic E-state index is -1.39. The van der Waals surface area contributed by atoms with Crippen molar-refractivity contribution in [3.8, 4) is 0 Å². The average Bonchev–Trinajstić information content (AvgIpc) is 3.04. The maximum Gasteiger partial charge on any atom is 0.261 e. The minimum absolute atomic E-state index is 0.0807. The second-order valence-corrected chi connectivity index (χ2v) is 10.8. The first kappa shape index (κ1) is 21.0. The molecule has 7 heteroatoms. The first-order chi connectivity index (χ1) is 12.9. The molecule has 0 N–H and O–H groups in total. The monoisotopic (exact) mass is 403 g/mol.